The third kappa shape index (κ3) is 3.59. The Labute approximate surface area is 124 Å². The van der Waals surface area contributed by atoms with Crippen molar-refractivity contribution in [3.05, 3.63) is 67.9 Å². The number of halogens is 3. The molecule has 2 rings (SSSR count). The lowest BCUT2D eigenvalue weighted by Gasteiger charge is -2.08. The third-order valence-corrected chi connectivity index (χ3v) is 3.02. The molecule has 0 aliphatic carbocycles. The molecule has 1 N–H and O–H groups in total. The van der Waals surface area contributed by atoms with E-state index in [1.54, 1.807) is 6.07 Å². The van der Waals surface area contributed by atoms with Crippen LogP contribution in [-0.4, -0.2) is 4.92 Å². The van der Waals surface area contributed by atoms with Crippen LogP contribution in [0.1, 0.15) is 5.56 Å². The lowest BCUT2D eigenvalue weighted by Crippen LogP contribution is -2.03. The summed E-state index contributed by atoms with van der Waals surface area (Å²) >= 11 is 11.5. The average molecular weight is 315 g/mol. The van der Waals surface area contributed by atoms with Crippen LogP contribution in [0.25, 0.3) is 0 Å². The summed E-state index contributed by atoms with van der Waals surface area (Å²) < 4.78 is 13.2. The van der Waals surface area contributed by atoms with E-state index in [2.05, 4.69) is 5.32 Å². The molecular weight excluding hydrogens is 306 g/mol. The predicted octanol–water partition coefficient (Wildman–Crippen LogP) is 4.65. The Kier molecular flexibility index (Phi) is 4.42. The number of hydrogen-bond acceptors (Lipinski definition) is 3. The molecule has 0 aromatic heterocycles. The van der Waals surface area contributed by atoms with Gasteiger partial charge in [0.2, 0.25) is 0 Å². The van der Waals surface area contributed by atoms with E-state index in [0.717, 1.165) is 0 Å². The minimum Gasteiger partial charge on any atom is -0.375 e. The van der Waals surface area contributed by atoms with Crippen LogP contribution in [0, 0.1) is 15.9 Å². The molecule has 0 atom stereocenters. The van der Waals surface area contributed by atoms with Crippen LogP contribution >= 0.6 is 23.2 Å². The van der Waals surface area contributed by atoms with Crippen molar-refractivity contribution in [2.45, 2.75) is 6.54 Å². The Morgan fingerprint density at radius 1 is 1.15 bits per heavy atom. The maximum atomic E-state index is 13.2. The van der Waals surface area contributed by atoms with Gasteiger partial charge in [0.15, 0.2) is 0 Å². The molecule has 2 aromatic carbocycles. The van der Waals surface area contributed by atoms with Gasteiger partial charge in [0, 0.05) is 22.7 Å². The number of benzene rings is 2. The Hall–Kier alpha value is -1.85. The number of nitrogens with one attached hydrogen (secondary N) is 1. The van der Waals surface area contributed by atoms with Gasteiger partial charge in [0.25, 0.3) is 5.69 Å². The van der Waals surface area contributed by atoms with Gasteiger partial charge in [-0.25, -0.2) is 4.39 Å². The molecule has 20 heavy (non-hydrogen) atoms. The minimum atomic E-state index is -0.535. The monoisotopic (exact) mass is 314 g/mol. The van der Waals surface area contributed by atoms with Gasteiger partial charge in [-0.15, -0.1) is 0 Å². The van der Waals surface area contributed by atoms with Crippen molar-refractivity contribution in [1.82, 2.24) is 0 Å². The fraction of sp³-hybridized carbons (Fsp3) is 0.0769. The van der Waals surface area contributed by atoms with Crippen molar-refractivity contribution in [1.29, 1.82) is 0 Å². The summed E-state index contributed by atoms with van der Waals surface area (Å²) in [7, 11) is 0. The average Bonchev–Trinajstić information content (AvgIpc) is 2.36. The molecule has 4 nitrogen and oxygen atoms in total. The van der Waals surface area contributed by atoms with E-state index < -0.39 is 10.7 Å². The molecule has 7 heteroatoms. The lowest BCUT2D eigenvalue weighted by molar-refractivity contribution is -0.383. The normalized spacial score (nSPS) is 10.3. The van der Waals surface area contributed by atoms with Gasteiger partial charge < -0.3 is 5.32 Å². The Balaban J connectivity index is 2.20. The van der Waals surface area contributed by atoms with Crippen molar-refractivity contribution in [3.63, 3.8) is 0 Å². The molecule has 0 saturated heterocycles. The van der Waals surface area contributed by atoms with Gasteiger partial charge in [-0.2, -0.15) is 0 Å². The molecule has 0 saturated carbocycles. The Morgan fingerprint density at radius 3 is 2.55 bits per heavy atom. The Bertz CT molecular complexity index is 645. The fourth-order valence-electron chi connectivity index (χ4n) is 1.72. The minimum absolute atomic E-state index is 0.139. The molecule has 0 aliphatic heterocycles. The van der Waals surface area contributed by atoms with Gasteiger partial charge in [0.1, 0.15) is 11.5 Å². The molecule has 0 aliphatic rings. The van der Waals surface area contributed by atoms with Crippen LogP contribution < -0.4 is 5.32 Å². The largest absolute Gasteiger partial charge is 0.375 e. The second kappa shape index (κ2) is 6.07. The van der Waals surface area contributed by atoms with Crippen LogP contribution in [-0.2, 0) is 6.54 Å². The molecule has 2 aromatic rings. The van der Waals surface area contributed by atoms with E-state index in [4.69, 9.17) is 23.2 Å². The van der Waals surface area contributed by atoms with E-state index in [0.29, 0.717) is 11.3 Å². The maximum absolute atomic E-state index is 13.2. The highest BCUT2D eigenvalue weighted by Crippen LogP contribution is 2.28. The van der Waals surface area contributed by atoms with E-state index >= 15 is 0 Å². The van der Waals surface area contributed by atoms with E-state index in [1.165, 1.54) is 30.3 Å². The highest BCUT2D eigenvalue weighted by atomic mass is 35.5. The van der Waals surface area contributed by atoms with Crippen LogP contribution in [0.4, 0.5) is 15.8 Å². The maximum Gasteiger partial charge on any atom is 0.293 e. The number of hydrogen-bond donors (Lipinski definition) is 1. The number of nitrogens with zero attached hydrogens (tertiary/aromatic N) is 1. The van der Waals surface area contributed by atoms with Gasteiger partial charge in [-0.3, -0.25) is 10.1 Å². The molecule has 0 spiro atoms. The molecular formula is C13H9Cl2FN2O2. The lowest BCUT2D eigenvalue weighted by atomic mass is 10.2. The quantitative estimate of drug-likeness (QED) is 0.660. The first kappa shape index (κ1) is 14.6. The molecule has 0 fully saturated rings. The number of nitro groups is 1. The molecule has 0 radical (unpaired) electrons. The molecule has 0 unspecified atom stereocenters. The topological polar surface area (TPSA) is 55.2 Å². The number of anilines is 1. The smallest absolute Gasteiger partial charge is 0.293 e. The van der Waals surface area contributed by atoms with Gasteiger partial charge in [-0.05, 0) is 35.9 Å². The van der Waals surface area contributed by atoms with E-state index in [9.17, 15) is 14.5 Å². The summed E-state index contributed by atoms with van der Waals surface area (Å²) in [5.41, 5.74) is 0.749. The van der Waals surface area contributed by atoms with Crippen molar-refractivity contribution in [3.8, 4) is 0 Å². The van der Waals surface area contributed by atoms with Crippen molar-refractivity contribution in [2.24, 2.45) is 0 Å². The first-order valence-corrected chi connectivity index (χ1v) is 6.34. The highest BCUT2D eigenvalue weighted by molar-refractivity contribution is 6.31. The number of nitro benzene ring substituents is 1. The van der Waals surface area contributed by atoms with Crippen molar-refractivity contribution < 1.29 is 9.31 Å². The zero-order chi connectivity index (χ0) is 14.7. The summed E-state index contributed by atoms with van der Waals surface area (Å²) in [5.74, 6) is -0.458. The first-order chi connectivity index (χ1) is 9.45. The van der Waals surface area contributed by atoms with Gasteiger partial charge >= 0.3 is 0 Å². The number of rotatable bonds is 4. The van der Waals surface area contributed by atoms with Crippen molar-refractivity contribution in [2.75, 3.05) is 5.32 Å². The highest BCUT2D eigenvalue weighted by Gasteiger charge is 2.14. The van der Waals surface area contributed by atoms with Crippen molar-refractivity contribution >= 4 is 34.6 Å². The summed E-state index contributed by atoms with van der Waals surface area (Å²) in [5, 5.41) is 14.3. The summed E-state index contributed by atoms with van der Waals surface area (Å²) in [4.78, 5) is 10.4. The van der Waals surface area contributed by atoms with Crippen LogP contribution in [0.15, 0.2) is 36.4 Å². The van der Waals surface area contributed by atoms with Crippen LogP contribution in [0.3, 0.4) is 0 Å². The second-order valence-electron chi connectivity index (χ2n) is 4.05. The Morgan fingerprint density at radius 2 is 1.90 bits per heavy atom. The summed E-state index contributed by atoms with van der Waals surface area (Å²) in [6.45, 7) is 0.208. The molecule has 0 heterocycles. The van der Waals surface area contributed by atoms with Crippen LogP contribution in [0.5, 0.6) is 0 Å². The second-order valence-corrected chi connectivity index (χ2v) is 4.92. The molecule has 0 bridgehead atoms. The van der Waals surface area contributed by atoms with Gasteiger partial charge in [-0.1, -0.05) is 23.2 Å². The van der Waals surface area contributed by atoms with E-state index in [1.807, 2.05) is 0 Å². The molecule has 104 valence electrons. The fourth-order valence-corrected chi connectivity index (χ4v) is 2.13. The first-order valence-electron chi connectivity index (χ1n) is 5.58. The standard InChI is InChI=1S/C13H9Cl2FN2O2/c14-9-1-2-12(13(6-9)18(19)20)17-7-8-3-10(15)5-11(16)4-8/h1-6,17H,7H2. The molecule has 0 amide bonds. The van der Waals surface area contributed by atoms with Gasteiger partial charge in [0.05, 0.1) is 4.92 Å². The van der Waals surface area contributed by atoms with Crippen LogP contribution in [0.2, 0.25) is 10.0 Å². The predicted molar refractivity (Wildman–Crippen MR) is 76.8 cm³/mol. The summed E-state index contributed by atoms with van der Waals surface area (Å²) in [6.07, 6.45) is 0. The SMILES string of the molecule is O=[N+]([O-])c1cc(Cl)ccc1NCc1cc(F)cc(Cl)c1. The third-order valence-electron chi connectivity index (χ3n) is 2.56. The zero-order valence-electron chi connectivity index (χ0n) is 10.1. The van der Waals surface area contributed by atoms with E-state index in [-0.39, 0.29) is 22.3 Å². The zero-order valence-corrected chi connectivity index (χ0v) is 11.6. The summed E-state index contributed by atoms with van der Waals surface area (Å²) in [6, 6.07) is 8.37.